The molecule has 0 aliphatic carbocycles. The van der Waals surface area contributed by atoms with Gasteiger partial charge in [-0.3, -0.25) is 5.10 Å². The fourth-order valence-electron chi connectivity index (χ4n) is 1.86. The van der Waals surface area contributed by atoms with Crippen molar-refractivity contribution in [3.05, 3.63) is 34.4 Å². The number of aromatic amines is 1. The first kappa shape index (κ1) is 15.0. The van der Waals surface area contributed by atoms with Gasteiger partial charge in [-0.25, -0.2) is 4.98 Å². The minimum absolute atomic E-state index is 0.322. The van der Waals surface area contributed by atoms with Crippen LogP contribution in [0.5, 0.6) is 5.75 Å². The number of benzene rings is 1. The van der Waals surface area contributed by atoms with Gasteiger partial charge in [0.25, 0.3) is 5.16 Å². The van der Waals surface area contributed by atoms with Gasteiger partial charge in [0.2, 0.25) is 5.16 Å². The Bertz CT molecular complexity index is 860. The second kappa shape index (κ2) is 6.04. The van der Waals surface area contributed by atoms with E-state index in [1.54, 1.807) is 14.2 Å². The monoisotopic (exact) mass is 333 g/mol. The Kier molecular flexibility index (Phi) is 3.93. The molecule has 0 saturated heterocycles. The van der Waals surface area contributed by atoms with E-state index in [4.69, 9.17) is 4.74 Å². The molecule has 3 rings (SSSR count). The molecular formula is C12H11N7O3S. The van der Waals surface area contributed by atoms with Crippen LogP contribution in [0.4, 0.5) is 5.95 Å². The van der Waals surface area contributed by atoms with Crippen molar-refractivity contribution in [1.29, 1.82) is 0 Å². The summed E-state index contributed by atoms with van der Waals surface area (Å²) >= 11 is 1.07. The number of hydrogen-bond acceptors (Lipinski definition) is 8. The Balaban J connectivity index is 1.87. The number of para-hydroxylation sites is 1. The molecule has 0 amide bonds. The van der Waals surface area contributed by atoms with Crippen LogP contribution in [-0.4, -0.2) is 42.0 Å². The van der Waals surface area contributed by atoms with Crippen LogP contribution in [-0.2, 0) is 7.05 Å². The fraction of sp³-hybridized carbons (Fsp3) is 0.167. The highest BCUT2D eigenvalue weighted by molar-refractivity contribution is 7.99. The van der Waals surface area contributed by atoms with Crippen molar-refractivity contribution in [2.75, 3.05) is 7.11 Å². The molecule has 1 N–H and O–H groups in total. The highest BCUT2D eigenvalue weighted by Crippen LogP contribution is 2.29. The van der Waals surface area contributed by atoms with E-state index >= 15 is 0 Å². The van der Waals surface area contributed by atoms with Crippen molar-refractivity contribution in [3.8, 4) is 17.1 Å². The second-order valence-corrected chi connectivity index (χ2v) is 5.28. The standard InChI is InChI=1S/C12H11N7O3S/c1-18-12(14-10(17-18)19(20)21)23-11-13-9(15-16-11)7-5-3-4-6-8(7)22-2/h3-6H,1-2H3,(H,13,15,16). The van der Waals surface area contributed by atoms with Gasteiger partial charge < -0.3 is 14.9 Å². The van der Waals surface area contributed by atoms with Gasteiger partial charge in [0.05, 0.1) is 12.7 Å². The maximum atomic E-state index is 10.7. The predicted octanol–water partition coefficient (Wildman–Crippen LogP) is 1.67. The molecule has 0 radical (unpaired) electrons. The average molecular weight is 333 g/mol. The quantitative estimate of drug-likeness (QED) is 0.552. The van der Waals surface area contributed by atoms with Crippen molar-refractivity contribution in [1.82, 2.24) is 29.9 Å². The summed E-state index contributed by atoms with van der Waals surface area (Å²) in [6.07, 6.45) is 0. The predicted molar refractivity (Wildman–Crippen MR) is 80.2 cm³/mol. The van der Waals surface area contributed by atoms with Crippen LogP contribution >= 0.6 is 11.8 Å². The Hall–Kier alpha value is -2.95. The molecule has 0 unspecified atom stereocenters. The number of hydrogen-bond donors (Lipinski definition) is 1. The summed E-state index contributed by atoms with van der Waals surface area (Å²) in [5.74, 6) is 0.728. The number of ether oxygens (including phenoxy) is 1. The Morgan fingerprint density at radius 3 is 2.83 bits per heavy atom. The zero-order chi connectivity index (χ0) is 16.4. The molecule has 2 heterocycles. The molecule has 10 nitrogen and oxygen atoms in total. The van der Waals surface area contributed by atoms with E-state index in [9.17, 15) is 10.1 Å². The fourth-order valence-corrected chi connectivity index (χ4v) is 2.55. The van der Waals surface area contributed by atoms with E-state index in [-0.39, 0.29) is 0 Å². The van der Waals surface area contributed by atoms with E-state index in [1.165, 1.54) is 4.68 Å². The lowest BCUT2D eigenvalue weighted by Crippen LogP contribution is -1.94. The summed E-state index contributed by atoms with van der Waals surface area (Å²) in [5.41, 5.74) is 0.762. The van der Waals surface area contributed by atoms with Crippen LogP contribution in [0.25, 0.3) is 11.4 Å². The summed E-state index contributed by atoms with van der Waals surface area (Å²) in [6.45, 7) is 0. The van der Waals surface area contributed by atoms with Gasteiger partial charge in [-0.05, 0) is 22.0 Å². The van der Waals surface area contributed by atoms with Crippen LogP contribution in [0.2, 0.25) is 0 Å². The van der Waals surface area contributed by atoms with Gasteiger partial charge in [0.15, 0.2) is 5.82 Å². The summed E-state index contributed by atoms with van der Waals surface area (Å²) in [6, 6.07) is 7.38. The summed E-state index contributed by atoms with van der Waals surface area (Å²) in [4.78, 5) is 18.2. The number of nitrogens with zero attached hydrogens (tertiary/aromatic N) is 6. The Labute approximate surface area is 134 Å². The van der Waals surface area contributed by atoms with Crippen LogP contribution in [0, 0.1) is 10.1 Å². The van der Waals surface area contributed by atoms with Crippen molar-refractivity contribution >= 4 is 17.7 Å². The summed E-state index contributed by atoms with van der Waals surface area (Å²) in [7, 11) is 3.14. The molecule has 0 fully saturated rings. The van der Waals surface area contributed by atoms with E-state index in [1.807, 2.05) is 24.3 Å². The molecule has 11 heteroatoms. The molecule has 2 aromatic heterocycles. The average Bonchev–Trinajstić information content (AvgIpc) is 3.15. The van der Waals surface area contributed by atoms with Gasteiger partial charge in [-0.15, -0.1) is 5.10 Å². The molecular weight excluding hydrogens is 322 g/mol. The molecule has 3 aromatic rings. The molecule has 118 valence electrons. The minimum atomic E-state index is -0.650. The Morgan fingerprint density at radius 2 is 2.13 bits per heavy atom. The maximum absolute atomic E-state index is 10.7. The van der Waals surface area contributed by atoms with E-state index in [2.05, 4.69) is 25.3 Å². The molecule has 0 atom stereocenters. The first-order chi connectivity index (χ1) is 11.1. The van der Waals surface area contributed by atoms with Gasteiger partial charge in [0.1, 0.15) is 5.75 Å². The molecule has 0 aliphatic heterocycles. The summed E-state index contributed by atoms with van der Waals surface area (Å²) in [5, 5.41) is 22.0. The second-order valence-electron chi connectivity index (χ2n) is 4.34. The van der Waals surface area contributed by atoms with Crippen LogP contribution < -0.4 is 4.74 Å². The number of nitro groups is 1. The normalized spacial score (nSPS) is 10.7. The topological polar surface area (TPSA) is 125 Å². The molecule has 23 heavy (non-hydrogen) atoms. The summed E-state index contributed by atoms with van der Waals surface area (Å²) < 4.78 is 6.59. The largest absolute Gasteiger partial charge is 0.496 e. The van der Waals surface area contributed by atoms with Crippen LogP contribution in [0.3, 0.4) is 0 Å². The molecule has 0 bridgehead atoms. The number of nitrogens with one attached hydrogen (secondary N) is 1. The maximum Gasteiger partial charge on any atom is 0.492 e. The van der Waals surface area contributed by atoms with Gasteiger partial charge in [0, 0.05) is 23.9 Å². The zero-order valence-corrected chi connectivity index (χ0v) is 12.9. The highest BCUT2D eigenvalue weighted by Gasteiger charge is 2.22. The number of aryl methyl sites for hydroxylation is 1. The lowest BCUT2D eigenvalue weighted by molar-refractivity contribution is -0.394. The molecule has 0 aliphatic rings. The van der Waals surface area contributed by atoms with E-state index < -0.39 is 10.9 Å². The van der Waals surface area contributed by atoms with Crippen LogP contribution in [0.1, 0.15) is 0 Å². The SMILES string of the molecule is COc1ccccc1-c1nc(Sc2nc([N+](=O)[O-])nn2C)n[nH]1. The van der Waals surface area contributed by atoms with Gasteiger partial charge >= 0.3 is 5.95 Å². The zero-order valence-electron chi connectivity index (χ0n) is 12.1. The molecule has 1 aromatic carbocycles. The lowest BCUT2D eigenvalue weighted by Gasteiger charge is -2.03. The first-order valence-corrected chi connectivity index (χ1v) is 7.19. The third-order valence-electron chi connectivity index (χ3n) is 2.88. The number of methoxy groups -OCH3 is 1. The third kappa shape index (κ3) is 2.99. The molecule has 0 spiro atoms. The Morgan fingerprint density at radius 1 is 1.35 bits per heavy atom. The van der Waals surface area contributed by atoms with Crippen molar-refractivity contribution < 1.29 is 9.66 Å². The number of aromatic nitrogens is 6. The third-order valence-corrected chi connectivity index (χ3v) is 3.79. The van der Waals surface area contributed by atoms with Crippen molar-refractivity contribution in [3.63, 3.8) is 0 Å². The van der Waals surface area contributed by atoms with E-state index in [0.717, 1.165) is 17.3 Å². The van der Waals surface area contributed by atoms with Crippen molar-refractivity contribution in [2.24, 2.45) is 7.05 Å². The highest BCUT2D eigenvalue weighted by atomic mass is 32.2. The minimum Gasteiger partial charge on any atom is -0.496 e. The van der Waals surface area contributed by atoms with Gasteiger partial charge in [-0.1, -0.05) is 12.1 Å². The van der Waals surface area contributed by atoms with Gasteiger partial charge in [-0.2, -0.15) is 4.68 Å². The number of rotatable bonds is 5. The smallest absolute Gasteiger partial charge is 0.492 e. The molecule has 0 saturated carbocycles. The van der Waals surface area contributed by atoms with Crippen LogP contribution in [0.15, 0.2) is 34.6 Å². The first-order valence-electron chi connectivity index (χ1n) is 6.37. The van der Waals surface area contributed by atoms with E-state index in [0.29, 0.717) is 21.9 Å². The number of H-pyrrole nitrogens is 1. The lowest BCUT2D eigenvalue weighted by atomic mass is 10.2. The van der Waals surface area contributed by atoms with Crippen molar-refractivity contribution in [2.45, 2.75) is 10.3 Å².